The summed E-state index contributed by atoms with van der Waals surface area (Å²) in [5.74, 6) is 1.71. The van der Waals surface area contributed by atoms with Crippen LogP contribution in [0.2, 0.25) is 20.1 Å². The van der Waals surface area contributed by atoms with Crippen LogP contribution in [0.5, 0.6) is 0 Å². The van der Waals surface area contributed by atoms with E-state index in [2.05, 4.69) is 122 Å². The highest BCUT2D eigenvalue weighted by Gasteiger charge is 2.77. The maximum atomic E-state index is 13.6. The predicted octanol–water partition coefficient (Wildman–Crippen LogP) is 21.5. The number of carbonyl (C=O) groups is 3. The second kappa shape index (κ2) is 36.5. The van der Waals surface area contributed by atoms with E-state index in [4.69, 9.17) is 55.9 Å². The Balaban J connectivity index is 0.000000137. The van der Waals surface area contributed by atoms with Gasteiger partial charge in [-0.3, -0.25) is 24.2 Å². The highest BCUT2D eigenvalue weighted by Crippen LogP contribution is 2.82. The quantitative estimate of drug-likeness (QED) is 0.0619. The van der Waals surface area contributed by atoms with Crippen molar-refractivity contribution in [2.45, 2.75) is 137 Å². The van der Waals surface area contributed by atoms with E-state index in [1.54, 1.807) is 48.5 Å². The second-order valence-corrected chi connectivity index (χ2v) is 35.5. The van der Waals surface area contributed by atoms with Crippen LogP contribution >= 0.6 is 58.2 Å². The van der Waals surface area contributed by atoms with Crippen molar-refractivity contribution in [1.82, 2.24) is 14.7 Å². The average Bonchev–Trinajstić information content (AvgIpc) is 1.48. The Morgan fingerprint density at radius 3 is 1.32 bits per heavy atom. The van der Waals surface area contributed by atoms with E-state index in [1.165, 1.54) is 74.5 Å². The minimum absolute atomic E-state index is 0.0622. The number of benzene rings is 9. The standard InChI is InChI=1S/C33H31Cl2N3O2.C32H33F2N3O.C30H29Cl2N3O2S/c34-26-14-27(35)16-28(15-26)37-31(39)20-40-33(8-10-38(11-9-33)30-13-25-17-32(25)18-29(30)32)24-6-4-22(5-7-24)23-3-1-2-21(12-23)19-36;33-29-13-12-27(21-30(29)34)36-31(38)14-15-32(16-18-37(19-17-32)28-6-1-2-7-28)26-10-8-24(9-11-26)25-5-3-4-23(20-25)22-35;31-25-15-26(32)17-27(16-25)34-29(36)19-37-30(9-11-35(12-10-30)28-8-13-38-20-28)24-6-4-22(5-7-24)23-3-1-2-21(14-23)18-33/h1-7,12,14-16,25,29-30H,8-11,13,17-18,20H2,(H,37,39);3-5,8-13,20-21,28H,1-2,6-7,14-19H2,(H,36,38);1-7,14-17,28H,8-13,19-20H2,(H,34,36)/t25-,29-,30?,32?;;/m1../s1. The lowest BCUT2D eigenvalue weighted by molar-refractivity contribution is -0.136. The van der Waals surface area contributed by atoms with Crippen LogP contribution in [0.4, 0.5) is 25.8 Å². The molecular formula is C95H93Cl4F2N9O5S. The number of likely N-dealkylation sites (tertiary alicyclic amines) is 3. The van der Waals surface area contributed by atoms with E-state index in [9.17, 15) is 39.0 Å². The number of nitriles is 3. The van der Waals surface area contributed by atoms with Crippen LogP contribution in [0.3, 0.4) is 0 Å². The van der Waals surface area contributed by atoms with Crippen LogP contribution in [0, 0.1) is 62.9 Å². The zero-order valence-electron chi connectivity index (χ0n) is 64.7. The first-order valence-corrected chi connectivity index (χ1v) is 43.1. The van der Waals surface area contributed by atoms with Crippen molar-refractivity contribution in [2.75, 3.05) is 79.9 Å². The number of hydrogen-bond donors (Lipinski definition) is 3. The molecule has 4 saturated heterocycles. The summed E-state index contributed by atoms with van der Waals surface area (Å²) in [6.45, 7) is 5.71. The molecule has 596 valence electrons. The molecule has 3 amide bonds. The number of nitrogens with one attached hydrogen (secondary N) is 3. The highest BCUT2D eigenvalue weighted by molar-refractivity contribution is 7.99. The third-order valence-electron chi connectivity index (χ3n) is 25.7. The number of thioether (sulfide) groups is 1. The van der Waals surface area contributed by atoms with Crippen LogP contribution in [-0.4, -0.2) is 115 Å². The number of anilines is 3. The van der Waals surface area contributed by atoms with Crippen LogP contribution in [0.1, 0.15) is 136 Å². The first-order valence-electron chi connectivity index (χ1n) is 40.5. The van der Waals surface area contributed by atoms with Crippen molar-refractivity contribution in [3.63, 3.8) is 0 Å². The van der Waals surface area contributed by atoms with Crippen LogP contribution in [-0.2, 0) is 40.5 Å². The number of nitrogens with zero attached hydrogens (tertiary/aromatic N) is 6. The van der Waals surface area contributed by atoms with E-state index >= 15 is 0 Å². The molecule has 1 spiro atoms. The van der Waals surface area contributed by atoms with Gasteiger partial charge in [-0.1, -0.05) is 168 Å². The molecule has 21 heteroatoms. The number of amides is 3. The van der Waals surface area contributed by atoms with E-state index in [0.717, 1.165) is 158 Å². The van der Waals surface area contributed by atoms with Crippen molar-refractivity contribution in [2.24, 2.45) is 17.3 Å². The summed E-state index contributed by atoms with van der Waals surface area (Å²) in [7, 11) is 0. The van der Waals surface area contributed by atoms with Gasteiger partial charge in [0.2, 0.25) is 17.7 Å². The monoisotopic (exact) mass is 1650 g/mol. The van der Waals surface area contributed by atoms with Gasteiger partial charge in [-0.05, 0) is 260 Å². The molecule has 0 aromatic heterocycles. The fourth-order valence-corrected chi connectivity index (χ4v) is 21.5. The minimum Gasteiger partial charge on any atom is -0.360 e. The predicted molar refractivity (Wildman–Crippen MR) is 459 cm³/mol. The molecule has 3 unspecified atom stereocenters. The zero-order chi connectivity index (χ0) is 80.6. The second-order valence-electron chi connectivity index (χ2n) is 32.6. The maximum Gasteiger partial charge on any atom is 0.250 e. The van der Waals surface area contributed by atoms with Gasteiger partial charge < -0.3 is 30.3 Å². The van der Waals surface area contributed by atoms with Gasteiger partial charge in [-0.2, -0.15) is 27.5 Å². The lowest BCUT2D eigenvalue weighted by atomic mass is 9.69. The number of ether oxygens (including phenoxy) is 2. The summed E-state index contributed by atoms with van der Waals surface area (Å²) >= 11 is 26.4. The molecule has 0 radical (unpaired) electrons. The van der Waals surface area contributed by atoms with Gasteiger partial charge in [0.1, 0.15) is 13.2 Å². The molecule has 17 rings (SSSR count). The summed E-state index contributed by atoms with van der Waals surface area (Å²) < 4.78 is 39.9. The highest BCUT2D eigenvalue weighted by atomic mass is 35.5. The molecule has 8 aliphatic rings. The molecule has 9 aromatic rings. The molecular weight excluding hydrogens is 1560 g/mol. The van der Waals surface area contributed by atoms with Crippen molar-refractivity contribution in [3.05, 3.63) is 265 Å². The number of halogens is 6. The first kappa shape index (κ1) is 82.1. The van der Waals surface area contributed by atoms with Gasteiger partial charge in [0.15, 0.2) is 11.6 Å². The van der Waals surface area contributed by atoms with E-state index in [0.29, 0.717) is 73.1 Å². The van der Waals surface area contributed by atoms with E-state index in [-0.39, 0.29) is 42.0 Å². The molecule has 8 fully saturated rings. The largest absolute Gasteiger partial charge is 0.360 e. The Hall–Kier alpha value is -8.97. The van der Waals surface area contributed by atoms with Crippen molar-refractivity contribution in [3.8, 4) is 51.6 Å². The van der Waals surface area contributed by atoms with E-state index in [1.807, 2.05) is 72.4 Å². The number of piperidine rings is 3. The molecule has 4 saturated carbocycles. The van der Waals surface area contributed by atoms with Gasteiger partial charge in [0.25, 0.3) is 0 Å². The van der Waals surface area contributed by atoms with Crippen molar-refractivity contribution in [1.29, 1.82) is 15.8 Å². The number of hydrogen-bond acceptors (Lipinski definition) is 12. The Labute approximate surface area is 702 Å². The Bertz CT molecular complexity index is 5140. The van der Waals surface area contributed by atoms with Gasteiger partial charge in [-0.25, -0.2) is 8.78 Å². The smallest absolute Gasteiger partial charge is 0.250 e. The number of carbonyl (C=O) groups excluding carboxylic acids is 3. The lowest BCUT2D eigenvalue weighted by Gasteiger charge is -2.44. The molecule has 3 N–H and O–H groups in total. The van der Waals surface area contributed by atoms with Gasteiger partial charge in [0, 0.05) is 99.7 Å². The van der Waals surface area contributed by atoms with Gasteiger partial charge >= 0.3 is 0 Å². The molecule has 0 bridgehead atoms. The Morgan fingerprint density at radius 2 is 0.897 bits per heavy atom. The van der Waals surface area contributed by atoms with Crippen LogP contribution in [0.15, 0.2) is 200 Å². The Kier molecular flexibility index (Phi) is 25.8. The van der Waals surface area contributed by atoms with Gasteiger partial charge in [0.05, 0.1) is 46.1 Å². The van der Waals surface area contributed by atoms with E-state index < -0.39 is 22.8 Å². The van der Waals surface area contributed by atoms with Crippen molar-refractivity contribution >= 4 is 92.9 Å². The third kappa shape index (κ3) is 19.4. The first-order chi connectivity index (χ1) is 56.3. The molecule has 9 aromatic carbocycles. The molecule has 14 nitrogen and oxygen atoms in total. The van der Waals surface area contributed by atoms with Crippen molar-refractivity contribution < 1.29 is 32.6 Å². The average molecular weight is 1650 g/mol. The summed E-state index contributed by atoms with van der Waals surface area (Å²) in [6, 6.07) is 70.2. The summed E-state index contributed by atoms with van der Waals surface area (Å²) in [5.41, 5.74) is 12.3. The Morgan fingerprint density at radius 1 is 0.457 bits per heavy atom. The fourth-order valence-electron chi connectivity index (χ4n) is 19.2. The minimum atomic E-state index is -0.973. The molecule has 4 aliphatic heterocycles. The SMILES string of the molecule is N#Cc1cccc(-c2ccc(C3(CCC(=O)Nc4ccc(F)c(F)c4)CCN(C4CCCC4)CC3)cc2)c1.N#Cc1cccc(-c2ccc(C3(OCC(=O)Nc4cc(Cl)cc(Cl)c4)CCN(C4CCSC4)CC3)cc2)c1.N#Cc1cccc(-c2ccc(C3(OCC(=O)Nc4cc(Cl)cc(Cl)c4)CCN(C4C[C@@H]5CC56C[C@H]46)CC3)cc2)c1. The normalized spacial score (nSPS) is 21.6. The fraction of sp³-hybridized carbons (Fsp3) is 0.368. The zero-order valence-corrected chi connectivity index (χ0v) is 68.6. The topological polar surface area (TPSA) is 187 Å². The third-order valence-corrected chi connectivity index (χ3v) is 27.7. The molecule has 4 aliphatic carbocycles. The molecule has 4 heterocycles. The van der Waals surface area contributed by atoms with Crippen LogP contribution in [0.25, 0.3) is 33.4 Å². The maximum absolute atomic E-state index is 13.6. The van der Waals surface area contributed by atoms with Crippen LogP contribution < -0.4 is 16.0 Å². The summed E-state index contributed by atoms with van der Waals surface area (Å²) in [4.78, 5) is 46.6. The summed E-state index contributed by atoms with van der Waals surface area (Å²) in [5, 5.41) is 38.1. The molecule has 116 heavy (non-hydrogen) atoms. The summed E-state index contributed by atoms with van der Waals surface area (Å²) in [6.07, 6.45) is 16.9. The van der Waals surface area contributed by atoms with Gasteiger partial charge in [-0.15, -0.1) is 0 Å². The molecule has 5 atom stereocenters. The number of rotatable bonds is 21. The lowest BCUT2D eigenvalue weighted by Crippen LogP contribution is -2.49.